The monoisotopic (exact) mass is 436 g/mol. The molecule has 4 heteroatoms. The summed E-state index contributed by atoms with van der Waals surface area (Å²) < 4.78 is 13.5. The van der Waals surface area contributed by atoms with Crippen LogP contribution in [0.5, 0.6) is 0 Å². The molecule has 2 aliphatic rings. The Morgan fingerprint density at radius 2 is 1.75 bits per heavy atom. The highest BCUT2D eigenvalue weighted by atomic mass is 19.1. The summed E-state index contributed by atoms with van der Waals surface area (Å²) in [6.45, 7) is 7.35. The number of aryl methyl sites for hydroxylation is 1. The number of piperazine rings is 1. The molecule has 0 aromatic heterocycles. The van der Waals surface area contributed by atoms with Crippen LogP contribution in [-0.4, -0.2) is 60.3 Å². The molecule has 2 aromatic carbocycles. The van der Waals surface area contributed by atoms with E-state index in [1.165, 1.54) is 23.3 Å². The van der Waals surface area contributed by atoms with Crippen molar-refractivity contribution in [1.29, 1.82) is 0 Å². The van der Waals surface area contributed by atoms with Crippen LogP contribution in [0.25, 0.3) is 6.08 Å². The van der Waals surface area contributed by atoms with Crippen molar-refractivity contribution >= 4 is 6.08 Å². The topological polar surface area (TPSA) is 26.7 Å². The SMILES string of the molecule is Cc1ccccc1CC1(O)/C(=C\c2ccc(F)cc2)CCCCC1CN1CCN(C)CC1. The van der Waals surface area contributed by atoms with Crippen LogP contribution in [0.4, 0.5) is 4.39 Å². The molecule has 3 nitrogen and oxygen atoms in total. The number of benzene rings is 2. The number of hydrogen-bond donors (Lipinski definition) is 1. The van der Waals surface area contributed by atoms with Crippen LogP contribution in [0.3, 0.4) is 0 Å². The van der Waals surface area contributed by atoms with Gasteiger partial charge in [0.05, 0.1) is 5.60 Å². The van der Waals surface area contributed by atoms with Gasteiger partial charge in [-0.1, -0.05) is 48.9 Å². The lowest BCUT2D eigenvalue weighted by molar-refractivity contribution is -0.00653. The van der Waals surface area contributed by atoms with Crippen LogP contribution in [0.2, 0.25) is 0 Å². The van der Waals surface area contributed by atoms with Gasteiger partial charge in [-0.25, -0.2) is 4.39 Å². The number of rotatable bonds is 5. The Labute approximate surface area is 192 Å². The van der Waals surface area contributed by atoms with Gasteiger partial charge < -0.3 is 14.9 Å². The van der Waals surface area contributed by atoms with Gasteiger partial charge in [-0.2, -0.15) is 0 Å². The molecule has 1 aliphatic heterocycles. The highest BCUT2D eigenvalue weighted by molar-refractivity contribution is 5.56. The summed E-state index contributed by atoms with van der Waals surface area (Å²) in [6.07, 6.45) is 6.90. The largest absolute Gasteiger partial charge is 0.385 e. The molecule has 0 amide bonds. The van der Waals surface area contributed by atoms with Crippen LogP contribution in [0.15, 0.2) is 54.1 Å². The van der Waals surface area contributed by atoms with E-state index in [0.29, 0.717) is 6.42 Å². The summed E-state index contributed by atoms with van der Waals surface area (Å²) in [5, 5.41) is 12.5. The van der Waals surface area contributed by atoms with Gasteiger partial charge in [0.2, 0.25) is 0 Å². The van der Waals surface area contributed by atoms with E-state index in [0.717, 1.165) is 69.5 Å². The van der Waals surface area contributed by atoms with Crippen molar-refractivity contribution in [2.75, 3.05) is 39.8 Å². The lowest BCUT2D eigenvalue weighted by atomic mass is 9.74. The molecule has 2 aromatic rings. The summed E-state index contributed by atoms with van der Waals surface area (Å²) in [5.74, 6) is -0.0455. The molecule has 1 saturated heterocycles. The van der Waals surface area contributed by atoms with Crippen molar-refractivity contribution in [3.63, 3.8) is 0 Å². The quantitative estimate of drug-likeness (QED) is 0.674. The first-order chi connectivity index (χ1) is 15.4. The average molecular weight is 437 g/mol. The second-order valence-corrected chi connectivity index (χ2v) is 9.80. The molecule has 1 heterocycles. The minimum Gasteiger partial charge on any atom is -0.385 e. The van der Waals surface area contributed by atoms with Crippen molar-refractivity contribution < 1.29 is 9.50 Å². The van der Waals surface area contributed by atoms with Crippen LogP contribution in [0, 0.1) is 18.7 Å². The molecule has 2 unspecified atom stereocenters. The van der Waals surface area contributed by atoms with E-state index in [1.807, 2.05) is 12.1 Å². The fourth-order valence-electron chi connectivity index (χ4n) is 5.32. The van der Waals surface area contributed by atoms with E-state index in [9.17, 15) is 9.50 Å². The maximum absolute atomic E-state index is 13.5. The predicted octanol–water partition coefficient (Wildman–Crippen LogP) is 4.93. The first-order valence-electron chi connectivity index (χ1n) is 12.1. The molecular formula is C28H37FN2O. The maximum atomic E-state index is 13.5. The molecule has 172 valence electrons. The summed E-state index contributed by atoms with van der Waals surface area (Å²) in [7, 11) is 2.18. The summed E-state index contributed by atoms with van der Waals surface area (Å²) in [4.78, 5) is 4.91. The molecule has 1 aliphatic carbocycles. The first-order valence-corrected chi connectivity index (χ1v) is 12.1. The van der Waals surface area contributed by atoms with Crippen LogP contribution in [-0.2, 0) is 6.42 Å². The van der Waals surface area contributed by atoms with E-state index in [1.54, 1.807) is 0 Å². The summed E-state index contributed by atoms with van der Waals surface area (Å²) >= 11 is 0. The third-order valence-corrected chi connectivity index (χ3v) is 7.49. The van der Waals surface area contributed by atoms with E-state index in [4.69, 9.17) is 0 Å². The van der Waals surface area contributed by atoms with Crippen molar-refractivity contribution in [2.24, 2.45) is 5.92 Å². The van der Waals surface area contributed by atoms with E-state index < -0.39 is 5.60 Å². The Hall–Kier alpha value is -2.01. The molecule has 2 fully saturated rings. The number of likely N-dealkylation sites (N-methyl/N-ethyl adjacent to an activating group) is 1. The van der Waals surface area contributed by atoms with Gasteiger partial charge in [0, 0.05) is 45.1 Å². The smallest absolute Gasteiger partial charge is 0.123 e. The molecule has 0 spiro atoms. The average Bonchev–Trinajstić information content (AvgIpc) is 2.92. The van der Waals surface area contributed by atoms with Crippen molar-refractivity contribution in [1.82, 2.24) is 9.80 Å². The Kier molecular flexibility index (Phi) is 7.44. The van der Waals surface area contributed by atoms with Gasteiger partial charge in [-0.3, -0.25) is 0 Å². The number of halogens is 1. The van der Waals surface area contributed by atoms with Crippen LogP contribution >= 0.6 is 0 Å². The van der Waals surface area contributed by atoms with Gasteiger partial charge >= 0.3 is 0 Å². The fraction of sp³-hybridized carbons (Fsp3) is 0.500. The fourth-order valence-corrected chi connectivity index (χ4v) is 5.32. The van der Waals surface area contributed by atoms with Crippen LogP contribution < -0.4 is 0 Å². The van der Waals surface area contributed by atoms with Gasteiger partial charge in [-0.05, 0) is 67.6 Å². The number of hydrogen-bond acceptors (Lipinski definition) is 3. The number of nitrogens with zero attached hydrogens (tertiary/aromatic N) is 2. The maximum Gasteiger partial charge on any atom is 0.123 e. The standard InChI is InChI=1S/C28H37FN2O/c1-22-7-3-4-8-24(22)20-28(32)25(19-23-11-13-27(29)14-12-23)9-5-6-10-26(28)21-31-17-15-30(2)16-18-31/h3-4,7-8,11-14,19,26,32H,5-6,9-10,15-18,20-21H2,1-2H3/b25-19-. The Morgan fingerprint density at radius 1 is 1.03 bits per heavy atom. The summed E-state index contributed by atoms with van der Waals surface area (Å²) in [5.41, 5.74) is 3.60. The molecule has 32 heavy (non-hydrogen) atoms. The molecule has 0 bridgehead atoms. The molecule has 0 radical (unpaired) electrons. The molecule has 1 saturated carbocycles. The minimum atomic E-state index is -0.902. The predicted molar refractivity (Wildman–Crippen MR) is 130 cm³/mol. The van der Waals surface area contributed by atoms with Crippen molar-refractivity contribution in [3.8, 4) is 0 Å². The Bertz CT molecular complexity index is 917. The van der Waals surface area contributed by atoms with Crippen molar-refractivity contribution in [3.05, 3.63) is 76.6 Å². The zero-order valence-electron chi connectivity index (χ0n) is 19.6. The summed E-state index contributed by atoms with van der Waals surface area (Å²) in [6, 6.07) is 15.1. The Morgan fingerprint density at radius 3 is 2.47 bits per heavy atom. The molecule has 2 atom stereocenters. The minimum absolute atomic E-state index is 0.180. The first kappa shape index (κ1) is 23.2. The third-order valence-electron chi connectivity index (χ3n) is 7.49. The molecular weight excluding hydrogens is 399 g/mol. The van der Waals surface area contributed by atoms with Crippen molar-refractivity contribution in [2.45, 2.75) is 44.6 Å². The lowest BCUT2D eigenvalue weighted by Crippen LogP contribution is -2.51. The van der Waals surface area contributed by atoms with Gasteiger partial charge in [0.25, 0.3) is 0 Å². The number of aliphatic hydroxyl groups is 1. The van der Waals surface area contributed by atoms with E-state index in [2.05, 4.69) is 54.1 Å². The second-order valence-electron chi connectivity index (χ2n) is 9.80. The zero-order chi connectivity index (χ0) is 22.6. The van der Waals surface area contributed by atoms with E-state index in [-0.39, 0.29) is 11.7 Å². The molecule has 1 N–H and O–H groups in total. The Balaban J connectivity index is 1.69. The lowest BCUT2D eigenvalue weighted by Gasteiger charge is -2.42. The van der Waals surface area contributed by atoms with Gasteiger partial charge in [0.15, 0.2) is 0 Å². The second kappa shape index (κ2) is 10.3. The van der Waals surface area contributed by atoms with Crippen LogP contribution in [0.1, 0.15) is 42.4 Å². The third kappa shape index (κ3) is 5.48. The highest BCUT2D eigenvalue weighted by Crippen LogP contribution is 2.41. The van der Waals surface area contributed by atoms with Gasteiger partial charge in [-0.15, -0.1) is 0 Å². The normalized spacial score (nSPS) is 26.9. The van der Waals surface area contributed by atoms with Gasteiger partial charge in [0.1, 0.15) is 5.82 Å². The van der Waals surface area contributed by atoms with E-state index >= 15 is 0 Å². The molecule has 4 rings (SSSR count). The zero-order valence-corrected chi connectivity index (χ0v) is 19.6. The highest BCUT2D eigenvalue weighted by Gasteiger charge is 2.42.